The van der Waals surface area contributed by atoms with E-state index in [1.54, 1.807) is 23.7 Å². The number of carbonyl (C=O) groups is 1. The van der Waals surface area contributed by atoms with Crippen LogP contribution in [0.4, 0.5) is 0 Å². The largest absolute Gasteiger partial charge is 0.347 e. The minimum atomic E-state index is -3.58. The molecule has 1 unspecified atom stereocenters. The van der Waals surface area contributed by atoms with Gasteiger partial charge in [0, 0.05) is 37.9 Å². The van der Waals surface area contributed by atoms with E-state index in [2.05, 4.69) is 12.2 Å². The Hall–Kier alpha value is -1.83. The average molecular weight is 410 g/mol. The summed E-state index contributed by atoms with van der Waals surface area (Å²) in [7, 11) is -1.91. The van der Waals surface area contributed by atoms with Crippen LogP contribution in [0.1, 0.15) is 35.8 Å². The normalized spacial score (nSPS) is 18.4. The van der Waals surface area contributed by atoms with Crippen molar-refractivity contribution >= 4 is 27.5 Å². The Morgan fingerprint density at radius 1 is 1.30 bits per heavy atom. The number of sulfonamides is 1. The molecular formula is C19H24ClN3O3S. The average Bonchev–Trinajstić information content (AvgIpc) is 3.03. The van der Waals surface area contributed by atoms with Crippen LogP contribution >= 0.6 is 11.6 Å². The minimum Gasteiger partial charge on any atom is -0.347 e. The molecule has 1 aliphatic rings. The molecule has 1 saturated heterocycles. The first kappa shape index (κ1) is 19.9. The SMILES string of the molecule is CC1CCCN(S(=O)(=O)c2cc(C(=O)NCc3ccc(Cl)cc3)n(C)c2)C1. The second-order valence-corrected chi connectivity index (χ2v) is 9.47. The standard InChI is InChI=1S/C19H24ClN3O3S/c1-14-4-3-9-23(12-14)27(25,26)17-10-18(22(2)13-17)19(24)21-11-15-5-7-16(20)8-6-15/h5-8,10,13-14H,3-4,9,11-12H2,1-2H3,(H,21,24). The lowest BCUT2D eigenvalue weighted by Crippen LogP contribution is -2.38. The summed E-state index contributed by atoms with van der Waals surface area (Å²) < 4.78 is 28.9. The van der Waals surface area contributed by atoms with Crippen molar-refractivity contribution in [2.45, 2.75) is 31.2 Å². The van der Waals surface area contributed by atoms with Crippen LogP contribution in [0.25, 0.3) is 0 Å². The molecule has 0 spiro atoms. The second-order valence-electron chi connectivity index (χ2n) is 7.09. The van der Waals surface area contributed by atoms with E-state index in [0.717, 1.165) is 18.4 Å². The Bertz CT molecular complexity index is 922. The molecule has 1 aromatic heterocycles. The summed E-state index contributed by atoms with van der Waals surface area (Å²) in [6.07, 6.45) is 3.41. The van der Waals surface area contributed by atoms with Crippen molar-refractivity contribution in [3.8, 4) is 0 Å². The number of carbonyl (C=O) groups excluding carboxylic acids is 1. The van der Waals surface area contributed by atoms with Crippen LogP contribution in [0, 0.1) is 5.92 Å². The lowest BCUT2D eigenvalue weighted by atomic mass is 10.0. The number of hydrogen-bond acceptors (Lipinski definition) is 3. The number of amides is 1. The summed E-state index contributed by atoms with van der Waals surface area (Å²) in [5.74, 6) is 0.0281. The molecular weight excluding hydrogens is 386 g/mol. The molecule has 0 saturated carbocycles. The van der Waals surface area contributed by atoms with Crippen molar-refractivity contribution in [2.24, 2.45) is 13.0 Å². The Labute approximate surface area is 165 Å². The van der Waals surface area contributed by atoms with Crippen molar-refractivity contribution in [1.82, 2.24) is 14.2 Å². The molecule has 2 heterocycles. The molecule has 1 aromatic carbocycles. The zero-order valence-electron chi connectivity index (χ0n) is 15.5. The third kappa shape index (κ3) is 4.54. The zero-order chi connectivity index (χ0) is 19.6. The van der Waals surface area contributed by atoms with Gasteiger partial charge in [-0.3, -0.25) is 4.79 Å². The minimum absolute atomic E-state index is 0.163. The molecule has 0 bridgehead atoms. The smallest absolute Gasteiger partial charge is 0.268 e. The van der Waals surface area contributed by atoms with Crippen LogP contribution in [-0.4, -0.2) is 36.3 Å². The van der Waals surface area contributed by atoms with E-state index < -0.39 is 10.0 Å². The molecule has 3 rings (SSSR count). The summed E-state index contributed by atoms with van der Waals surface area (Å²) in [6.45, 7) is 3.45. The first-order valence-corrected chi connectivity index (χ1v) is 10.8. The molecule has 1 fully saturated rings. The summed E-state index contributed by atoms with van der Waals surface area (Å²) >= 11 is 5.86. The number of aryl methyl sites for hydroxylation is 1. The van der Waals surface area contributed by atoms with Gasteiger partial charge in [-0.25, -0.2) is 8.42 Å². The molecule has 0 aliphatic carbocycles. The number of nitrogens with zero attached hydrogens (tertiary/aromatic N) is 2. The number of piperidine rings is 1. The maximum atomic E-state index is 12.9. The predicted octanol–water partition coefficient (Wildman–Crippen LogP) is 3.03. The van der Waals surface area contributed by atoms with Crippen LogP contribution in [0.15, 0.2) is 41.4 Å². The van der Waals surface area contributed by atoms with Gasteiger partial charge in [-0.1, -0.05) is 30.7 Å². The fourth-order valence-electron chi connectivity index (χ4n) is 3.29. The number of nitrogens with one attached hydrogen (secondary N) is 1. The summed E-state index contributed by atoms with van der Waals surface area (Å²) in [5, 5.41) is 3.45. The van der Waals surface area contributed by atoms with Crippen LogP contribution in [0.3, 0.4) is 0 Å². The number of hydrogen-bond donors (Lipinski definition) is 1. The van der Waals surface area contributed by atoms with Crippen molar-refractivity contribution in [1.29, 1.82) is 0 Å². The Morgan fingerprint density at radius 2 is 2.00 bits per heavy atom. The molecule has 2 aromatic rings. The summed E-state index contributed by atoms with van der Waals surface area (Å²) in [4.78, 5) is 12.7. The monoisotopic (exact) mass is 409 g/mol. The lowest BCUT2D eigenvalue weighted by Gasteiger charge is -2.29. The van der Waals surface area contributed by atoms with Crippen LogP contribution < -0.4 is 5.32 Å². The van der Waals surface area contributed by atoms with Gasteiger partial charge in [-0.15, -0.1) is 0 Å². The fourth-order valence-corrected chi connectivity index (χ4v) is 5.09. The maximum absolute atomic E-state index is 12.9. The van der Waals surface area contributed by atoms with E-state index in [1.807, 2.05) is 12.1 Å². The first-order valence-electron chi connectivity index (χ1n) is 8.96. The van der Waals surface area contributed by atoms with Gasteiger partial charge in [0.15, 0.2) is 0 Å². The van der Waals surface area contributed by atoms with Gasteiger partial charge >= 0.3 is 0 Å². The van der Waals surface area contributed by atoms with E-state index in [4.69, 9.17) is 11.6 Å². The molecule has 27 heavy (non-hydrogen) atoms. The Balaban J connectivity index is 1.73. The van der Waals surface area contributed by atoms with Gasteiger partial charge in [-0.2, -0.15) is 4.31 Å². The third-order valence-electron chi connectivity index (χ3n) is 4.84. The van der Waals surface area contributed by atoms with Crippen molar-refractivity contribution in [2.75, 3.05) is 13.1 Å². The Kier molecular flexibility index (Phi) is 5.93. The highest BCUT2D eigenvalue weighted by Crippen LogP contribution is 2.24. The topological polar surface area (TPSA) is 71.4 Å². The van der Waals surface area contributed by atoms with Gasteiger partial charge in [-0.05, 0) is 42.5 Å². The molecule has 1 N–H and O–H groups in total. The number of aromatic nitrogens is 1. The quantitative estimate of drug-likeness (QED) is 0.825. The second kappa shape index (κ2) is 8.04. The van der Waals surface area contributed by atoms with Gasteiger partial charge in [0.2, 0.25) is 10.0 Å². The van der Waals surface area contributed by atoms with Crippen molar-refractivity contribution in [3.63, 3.8) is 0 Å². The molecule has 6 nitrogen and oxygen atoms in total. The predicted molar refractivity (Wildman–Crippen MR) is 105 cm³/mol. The van der Waals surface area contributed by atoms with Crippen LogP contribution in [0.5, 0.6) is 0 Å². The molecule has 0 radical (unpaired) electrons. The van der Waals surface area contributed by atoms with Gasteiger partial charge < -0.3 is 9.88 Å². The van der Waals surface area contributed by atoms with Gasteiger partial charge in [0.1, 0.15) is 10.6 Å². The number of benzene rings is 1. The highest BCUT2D eigenvalue weighted by Gasteiger charge is 2.30. The van der Waals surface area contributed by atoms with E-state index in [-0.39, 0.29) is 10.8 Å². The fraction of sp³-hybridized carbons (Fsp3) is 0.421. The molecule has 146 valence electrons. The maximum Gasteiger partial charge on any atom is 0.268 e. The van der Waals surface area contributed by atoms with Gasteiger partial charge in [0.05, 0.1) is 0 Å². The molecule has 8 heteroatoms. The summed E-state index contributed by atoms with van der Waals surface area (Å²) in [6, 6.07) is 8.64. The van der Waals surface area contributed by atoms with Crippen LogP contribution in [-0.2, 0) is 23.6 Å². The van der Waals surface area contributed by atoms with Crippen LogP contribution in [0.2, 0.25) is 5.02 Å². The zero-order valence-corrected chi connectivity index (χ0v) is 17.1. The van der Waals surface area contributed by atoms with E-state index >= 15 is 0 Å². The van der Waals surface area contributed by atoms with Crippen molar-refractivity contribution < 1.29 is 13.2 Å². The third-order valence-corrected chi connectivity index (χ3v) is 6.92. The highest BCUT2D eigenvalue weighted by molar-refractivity contribution is 7.89. The molecule has 1 aliphatic heterocycles. The number of halogens is 1. The van der Waals surface area contributed by atoms with Gasteiger partial charge in [0.25, 0.3) is 5.91 Å². The number of rotatable bonds is 5. The van der Waals surface area contributed by atoms with Crippen molar-refractivity contribution in [3.05, 3.63) is 52.8 Å². The Morgan fingerprint density at radius 3 is 2.67 bits per heavy atom. The first-order chi connectivity index (χ1) is 12.8. The molecule has 1 atom stereocenters. The van der Waals surface area contributed by atoms with E-state index in [0.29, 0.717) is 36.3 Å². The van der Waals surface area contributed by atoms with E-state index in [1.165, 1.54) is 16.6 Å². The van der Waals surface area contributed by atoms with E-state index in [9.17, 15) is 13.2 Å². The summed E-state index contributed by atoms with van der Waals surface area (Å²) in [5.41, 5.74) is 1.23. The highest BCUT2D eigenvalue weighted by atomic mass is 35.5. The molecule has 1 amide bonds. The lowest BCUT2D eigenvalue weighted by molar-refractivity contribution is 0.0942.